The summed E-state index contributed by atoms with van der Waals surface area (Å²) in [6.07, 6.45) is -3.35. The molecule has 1 heterocycles. The monoisotopic (exact) mass is 441 g/mol. The molecular weight excluding hydrogens is 429 g/mol. The molecule has 0 saturated carbocycles. The molecule has 30 heavy (non-hydrogen) atoms. The summed E-state index contributed by atoms with van der Waals surface area (Å²) >= 11 is 0.611. The number of nitrogens with zero attached hydrogens (tertiary/aromatic N) is 3. The fourth-order valence-corrected chi connectivity index (χ4v) is 3.19. The average molecular weight is 441 g/mol. The van der Waals surface area contributed by atoms with Gasteiger partial charge in [-0.3, -0.25) is 0 Å². The highest BCUT2D eigenvalue weighted by Gasteiger charge is 2.30. The molecule has 0 bridgehead atoms. The Balaban J connectivity index is 1.85. The zero-order valence-corrected chi connectivity index (χ0v) is 15.9. The van der Waals surface area contributed by atoms with Crippen LogP contribution >= 0.6 is 11.3 Å². The van der Waals surface area contributed by atoms with Gasteiger partial charge in [-0.25, -0.2) is 19.2 Å². The van der Waals surface area contributed by atoms with Crippen LogP contribution in [0.2, 0.25) is 0 Å². The van der Waals surface area contributed by atoms with Gasteiger partial charge in [0.15, 0.2) is 0 Å². The second-order valence-electron chi connectivity index (χ2n) is 6.00. The van der Waals surface area contributed by atoms with E-state index < -0.39 is 28.7 Å². The van der Waals surface area contributed by atoms with Crippen LogP contribution in [-0.4, -0.2) is 29.3 Å². The first-order chi connectivity index (χ1) is 14.1. The van der Waals surface area contributed by atoms with Gasteiger partial charge in [0.05, 0.1) is 17.3 Å². The van der Waals surface area contributed by atoms with Gasteiger partial charge in [-0.1, -0.05) is 23.5 Å². The number of aromatic carboxylic acids is 1. The van der Waals surface area contributed by atoms with Gasteiger partial charge in [0, 0.05) is 18.2 Å². The van der Waals surface area contributed by atoms with Gasteiger partial charge >= 0.3 is 12.1 Å². The van der Waals surface area contributed by atoms with Gasteiger partial charge in [-0.05, 0) is 30.3 Å². The molecule has 0 saturated heterocycles. The lowest BCUT2D eigenvalue weighted by Crippen LogP contribution is -2.10. The van der Waals surface area contributed by atoms with Crippen molar-refractivity contribution in [3.63, 3.8) is 0 Å². The largest absolute Gasteiger partial charge is 0.478 e. The minimum atomic E-state index is -4.51. The number of rotatable bonds is 5. The minimum absolute atomic E-state index is 0.0811. The lowest BCUT2D eigenvalue weighted by molar-refractivity contribution is -0.137. The zero-order valence-electron chi connectivity index (χ0n) is 15.1. The number of hydrazone groups is 1. The summed E-state index contributed by atoms with van der Waals surface area (Å²) in [7, 11) is 1.43. The summed E-state index contributed by atoms with van der Waals surface area (Å²) in [5.41, 5.74) is -1.03. The van der Waals surface area contributed by atoms with Crippen molar-refractivity contribution in [2.75, 3.05) is 12.1 Å². The molecule has 3 aromatic rings. The summed E-state index contributed by atoms with van der Waals surface area (Å²) in [5.74, 6) is -2.07. The molecule has 0 amide bonds. The van der Waals surface area contributed by atoms with Crippen LogP contribution < -0.4 is 5.01 Å². The molecule has 1 aromatic heterocycles. The molecular formula is C19H12F5N3O2S. The van der Waals surface area contributed by atoms with Crippen molar-refractivity contribution in [2.45, 2.75) is 6.18 Å². The minimum Gasteiger partial charge on any atom is -0.478 e. The Bertz CT molecular complexity index is 1110. The Hall–Kier alpha value is -3.34. The van der Waals surface area contributed by atoms with E-state index in [0.29, 0.717) is 11.3 Å². The topological polar surface area (TPSA) is 65.8 Å². The van der Waals surface area contributed by atoms with Crippen molar-refractivity contribution in [1.82, 2.24) is 4.98 Å². The predicted octanol–water partition coefficient (Wildman–Crippen LogP) is 5.28. The van der Waals surface area contributed by atoms with Crippen molar-refractivity contribution >= 4 is 28.7 Å². The number of carbonyl (C=O) groups is 1. The van der Waals surface area contributed by atoms with Gasteiger partial charge in [0.25, 0.3) is 0 Å². The molecule has 5 nitrogen and oxygen atoms in total. The summed E-state index contributed by atoms with van der Waals surface area (Å²) in [4.78, 5) is 15.3. The third kappa shape index (κ3) is 4.62. The summed E-state index contributed by atoms with van der Waals surface area (Å²) < 4.78 is 65.5. The van der Waals surface area contributed by atoms with E-state index in [1.165, 1.54) is 13.1 Å². The number of carboxylic acid groups (broad SMARTS) is 1. The number of benzene rings is 2. The molecule has 0 aliphatic rings. The quantitative estimate of drug-likeness (QED) is 0.333. The van der Waals surface area contributed by atoms with Crippen molar-refractivity contribution in [3.8, 4) is 11.3 Å². The van der Waals surface area contributed by atoms with Crippen LogP contribution in [0.25, 0.3) is 11.3 Å². The lowest BCUT2D eigenvalue weighted by Gasteiger charge is -2.08. The Morgan fingerprint density at radius 1 is 1.17 bits per heavy atom. The molecule has 0 fully saturated rings. The van der Waals surface area contributed by atoms with Crippen LogP contribution in [0.5, 0.6) is 0 Å². The zero-order chi connectivity index (χ0) is 22.1. The van der Waals surface area contributed by atoms with Crippen molar-refractivity contribution in [3.05, 3.63) is 70.1 Å². The van der Waals surface area contributed by atoms with Crippen LogP contribution in [0.4, 0.5) is 27.1 Å². The van der Waals surface area contributed by atoms with Crippen molar-refractivity contribution in [1.29, 1.82) is 0 Å². The van der Waals surface area contributed by atoms with Gasteiger partial charge in [-0.2, -0.15) is 22.7 Å². The molecule has 3 rings (SSSR count). The summed E-state index contributed by atoms with van der Waals surface area (Å²) in [6, 6.07) is 7.04. The first-order valence-electron chi connectivity index (χ1n) is 8.21. The number of carboxylic acids is 1. The SMILES string of the molecule is CN(/N=C/c1ccc(F)cc1C(=O)O)c1nc(-c2ccc(C(F)(F)F)cc2)c(F)s1. The van der Waals surface area contributed by atoms with Crippen molar-refractivity contribution < 1.29 is 31.9 Å². The van der Waals surface area contributed by atoms with Crippen molar-refractivity contribution in [2.24, 2.45) is 5.10 Å². The van der Waals surface area contributed by atoms with Gasteiger partial charge < -0.3 is 5.11 Å². The first-order valence-corrected chi connectivity index (χ1v) is 9.02. The summed E-state index contributed by atoms with van der Waals surface area (Å²) in [5, 5.41) is 13.6. The maximum Gasteiger partial charge on any atom is 0.416 e. The smallest absolute Gasteiger partial charge is 0.416 e. The molecule has 11 heteroatoms. The lowest BCUT2D eigenvalue weighted by atomic mass is 10.1. The van der Waals surface area contributed by atoms with E-state index in [-0.39, 0.29) is 27.5 Å². The van der Waals surface area contributed by atoms with Crippen LogP contribution in [0.3, 0.4) is 0 Å². The molecule has 0 unspecified atom stereocenters. The molecule has 0 aliphatic carbocycles. The summed E-state index contributed by atoms with van der Waals surface area (Å²) in [6.45, 7) is 0. The van der Waals surface area contributed by atoms with Gasteiger partial charge in [-0.15, -0.1) is 0 Å². The van der Waals surface area contributed by atoms with E-state index in [2.05, 4.69) is 10.1 Å². The second-order valence-corrected chi connectivity index (χ2v) is 6.93. The molecule has 156 valence electrons. The Kier molecular flexibility index (Phi) is 5.83. The fourth-order valence-electron chi connectivity index (χ4n) is 2.45. The first kappa shape index (κ1) is 21.4. The number of hydrogen-bond acceptors (Lipinski definition) is 5. The van der Waals surface area contributed by atoms with E-state index >= 15 is 0 Å². The maximum absolute atomic E-state index is 14.3. The number of halogens is 5. The highest BCUT2D eigenvalue weighted by molar-refractivity contribution is 7.14. The normalized spacial score (nSPS) is 11.8. The molecule has 0 spiro atoms. The Morgan fingerprint density at radius 2 is 1.83 bits per heavy atom. The van der Waals surface area contributed by atoms with Crippen LogP contribution in [0, 0.1) is 10.9 Å². The molecule has 1 N–H and O–H groups in total. The number of hydrogen-bond donors (Lipinski definition) is 1. The van der Waals surface area contributed by atoms with E-state index in [9.17, 15) is 26.7 Å². The Labute approximate surface area is 170 Å². The molecule has 0 radical (unpaired) electrons. The third-order valence-electron chi connectivity index (χ3n) is 3.95. The fraction of sp³-hybridized carbons (Fsp3) is 0.105. The Morgan fingerprint density at radius 3 is 2.43 bits per heavy atom. The predicted molar refractivity (Wildman–Crippen MR) is 102 cm³/mol. The highest BCUT2D eigenvalue weighted by Crippen LogP contribution is 2.34. The van der Waals surface area contributed by atoms with E-state index in [1.807, 2.05) is 0 Å². The van der Waals surface area contributed by atoms with E-state index in [1.54, 1.807) is 0 Å². The third-order valence-corrected chi connectivity index (χ3v) is 4.86. The van der Waals surface area contributed by atoms with E-state index in [0.717, 1.165) is 47.6 Å². The molecule has 2 aromatic carbocycles. The van der Waals surface area contributed by atoms with Crippen LogP contribution in [0.1, 0.15) is 21.5 Å². The average Bonchev–Trinajstić information content (AvgIpc) is 3.08. The number of aromatic nitrogens is 1. The van der Waals surface area contributed by atoms with Gasteiger partial charge in [0.2, 0.25) is 10.3 Å². The molecule has 0 aliphatic heterocycles. The van der Waals surface area contributed by atoms with E-state index in [4.69, 9.17) is 5.11 Å². The number of alkyl halides is 3. The highest BCUT2D eigenvalue weighted by atomic mass is 32.1. The standard InChI is InChI=1S/C19H12F5N3O2S/c1-27(25-9-11-4-7-13(20)8-14(11)17(28)29)18-26-15(16(21)30-18)10-2-5-12(6-3-10)19(22,23)24/h2-9H,1H3,(H,28,29)/b25-9+. The number of thiazole rings is 1. The maximum atomic E-state index is 14.3. The second kappa shape index (κ2) is 8.19. The van der Waals surface area contributed by atoms with Crippen LogP contribution in [-0.2, 0) is 6.18 Å². The molecule has 0 atom stereocenters. The van der Waals surface area contributed by atoms with Crippen LogP contribution in [0.15, 0.2) is 47.6 Å². The van der Waals surface area contributed by atoms with Gasteiger partial charge in [0.1, 0.15) is 11.5 Å². The number of anilines is 1.